The molecule has 0 aromatic carbocycles. The van der Waals surface area contributed by atoms with Crippen LogP contribution in [0, 0.1) is 12.8 Å². The summed E-state index contributed by atoms with van der Waals surface area (Å²) in [5.41, 5.74) is 1.12. The van der Waals surface area contributed by atoms with Crippen molar-refractivity contribution >= 4 is 12.2 Å². The molecule has 0 aliphatic carbocycles. The summed E-state index contributed by atoms with van der Waals surface area (Å²) in [6.07, 6.45) is 3.43. The molecule has 2 unspecified atom stereocenters. The number of rotatable bonds is 6. The van der Waals surface area contributed by atoms with Gasteiger partial charge in [-0.15, -0.1) is 0 Å². The molecule has 20 heavy (non-hydrogen) atoms. The molecule has 0 aliphatic heterocycles. The van der Waals surface area contributed by atoms with Gasteiger partial charge in [0.25, 0.3) is 0 Å². The number of aliphatic carboxylic acids is 1. The van der Waals surface area contributed by atoms with Crippen LogP contribution >= 0.6 is 0 Å². The van der Waals surface area contributed by atoms with Gasteiger partial charge in [-0.1, -0.05) is 20.3 Å². The second-order valence-corrected chi connectivity index (χ2v) is 4.74. The number of carbonyl (C=O) groups is 1. The summed E-state index contributed by atoms with van der Waals surface area (Å²) < 4.78 is 0. The van der Waals surface area contributed by atoms with Crippen molar-refractivity contribution < 1.29 is 20.1 Å². The zero-order valence-electron chi connectivity index (χ0n) is 11.9. The predicted molar refractivity (Wildman–Crippen MR) is 75.0 cm³/mol. The molecule has 1 rings (SSSR count). The molecule has 0 fully saturated rings. The van der Waals surface area contributed by atoms with E-state index in [1.165, 1.54) is 12.4 Å². The van der Waals surface area contributed by atoms with Crippen LogP contribution in [0.15, 0.2) is 11.2 Å². The van der Waals surface area contributed by atoms with Crippen molar-refractivity contribution in [1.82, 2.24) is 4.98 Å². The first-order chi connectivity index (χ1) is 9.42. The third-order valence-electron chi connectivity index (χ3n) is 3.33. The Hall–Kier alpha value is -1.95. The van der Waals surface area contributed by atoms with Crippen LogP contribution < -0.4 is 0 Å². The smallest absolute Gasteiger partial charge is 0.328 e. The fourth-order valence-electron chi connectivity index (χ4n) is 1.75. The highest BCUT2D eigenvalue weighted by Gasteiger charge is 2.22. The number of aryl methyl sites for hydroxylation is 1. The highest BCUT2D eigenvalue weighted by atomic mass is 16.4. The number of aliphatic hydroxyl groups is 1. The van der Waals surface area contributed by atoms with Gasteiger partial charge >= 0.3 is 5.97 Å². The number of carboxylic acid groups (broad SMARTS) is 1. The van der Waals surface area contributed by atoms with Crippen LogP contribution in [0.5, 0.6) is 5.75 Å². The summed E-state index contributed by atoms with van der Waals surface area (Å²) in [5.74, 6) is -1.22. The average Bonchev–Trinajstić information content (AvgIpc) is 2.42. The van der Waals surface area contributed by atoms with Crippen LogP contribution in [0.4, 0.5) is 0 Å². The number of nitrogens with zero attached hydrogens (tertiary/aromatic N) is 2. The highest BCUT2D eigenvalue weighted by molar-refractivity contribution is 5.88. The minimum absolute atomic E-state index is 0.0893. The van der Waals surface area contributed by atoms with E-state index in [2.05, 4.69) is 9.98 Å². The standard InChI is InChI=1S/C14H20N2O4/c1-4-8(2)12(14(19)20)16-6-11-10(7-17)5-15-9(3)13(11)18/h5-6,8,12,17-18H,4,7H2,1-3H3,(H,19,20). The second-order valence-electron chi connectivity index (χ2n) is 4.74. The van der Waals surface area contributed by atoms with E-state index in [0.717, 1.165) is 0 Å². The summed E-state index contributed by atoms with van der Waals surface area (Å²) in [5, 5.41) is 28.3. The van der Waals surface area contributed by atoms with Crippen LogP contribution in [-0.2, 0) is 11.4 Å². The van der Waals surface area contributed by atoms with Crippen molar-refractivity contribution in [1.29, 1.82) is 0 Å². The molecule has 1 heterocycles. The Morgan fingerprint density at radius 1 is 1.55 bits per heavy atom. The van der Waals surface area contributed by atoms with Crippen molar-refractivity contribution in [2.75, 3.05) is 0 Å². The summed E-state index contributed by atoms with van der Waals surface area (Å²) in [7, 11) is 0. The van der Waals surface area contributed by atoms with Crippen LogP contribution in [0.3, 0.4) is 0 Å². The zero-order chi connectivity index (χ0) is 15.3. The van der Waals surface area contributed by atoms with Crippen molar-refractivity contribution in [2.24, 2.45) is 10.9 Å². The van der Waals surface area contributed by atoms with E-state index in [-0.39, 0.29) is 18.3 Å². The molecule has 0 aliphatic rings. The number of hydrogen-bond donors (Lipinski definition) is 3. The summed E-state index contributed by atoms with van der Waals surface area (Å²) in [6.45, 7) is 5.02. The minimum Gasteiger partial charge on any atom is -0.505 e. The van der Waals surface area contributed by atoms with Crippen molar-refractivity contribution in [2.45, 2.75) is 39.8 Å². The Morgan fingerprint density at radius 3 is 2.70 bits per heavy atom. The number of hydrogen-bond acceptors (Lipinski definition) is 5. The van der Waals surface area contributed by atoms with Crippen LogP contribution in [0.25, 0.3) is 0 Å². The summed E-state index contributed by atoms with van der Waals surface area (Å²) >= 11 is 0. The lowest BCUT2D eigenvalue weighted by molar-refractivity contribution is -0.139. The van der Waals surface area contributed by atoms with E-state index in [1.54, 1.807) is 13.8 Å². The molecule has 1 aromatic heterocycles. The lowest BCUT2D eigenvalue weighted by Gasteiger charge is -2.14. The Morgan fingerprint density at radius 2 is 2.20 bits per heavy atom. The fraction of sp³-hybridized carbons (Fsp3) is 0.500. The molecule has 6 nitrogen and oxygen atoms in total. The van der Waals surface area contributed by atoms with E-state index in [1.807, 2.05) is 6.92 Å². The Bertz CT molecular complexity index is 514. The predicted octanol–water partition coefficient (Wildman–Crippen LogP) is 1.51. The fourth-order valence-corrected chi connectivity index (χ4v) is 1.75. The average molecular weight is 280 g/mol. The van der Waals surface area contributed by atoms with Gasteiger partial charge in [-0.2, -0.15) is 0 Å². The summed E-state index contributed by atoms with van der Waals surface area (Å²) in [4.78, 5) is 19.2. The van der Waals surface area contributed by atoms with Crippen LogP contribution in [0.2, 0.25) is 0 Å². The molecule has 0 bridgehead atoms. The van der Waals surface area contributed by atoms with Gasteiger partial charge in [0.15, 0.2) is 0 Å². The molecule has 0 radical (unpaired) electrons. The number of pyridine rings is 1. The molecule has 3 N–H and O–H groups in total. The molecule has 1 aromatic rings. The first kappa shape index (κ1) is 16.1. The normalized spacial score (nSPS) is 14.4. The second kappa shape index (κ2) is 7.00. The first-order valence-electron chi connectivity index (χ1n) is 6.46. The molecular formula is C14H20N2O4. The number of aliphatic hydroxyl groups excluding tert-OH is 1. The first-order valence-corrected chi connectivity index (χ1v) is 6.46. The van der Waals surface area contributed by atoms with Gasteiger partial charge in [0, 0.05) is 23.5 Å². The third kappa shape index (κ3) is 3.54. The van der Waals surface area contributed by atoms with E-state index >= 15 is 0 Å². The number of carboxylic acids is 1. The maximum Gasteiger partial charge on any atom is 0.328 e. The van der Waals surface area contributed by atoms with E-state index < -0.39 is 12.0 Å². The lowest BCUT2D eigenvalue weighted by Crippen LogP contribution is -2.25. The topological polar surface area (TPSA) is 103 Å². The third-order valence-corrected chi connectivity index (χ3v) is 3.33. The van der Waals surface area contributed by atoms with Gasteiger partial charge in [0.1, 0.15) is 11.8 Å². The Kier molecular flexibility index (Phi) is 5.64. The molecule has 2 atom stereocenters. The van der Waals surface area contributed by atoms with E-state index in [9.17, 15) is 15.0 Å². The van der Waals surface area contributed by atoms with Crippen molar-refractivity contribution in [3.05, 3.63) is 23.0 Å². The largest absolute Gasteiger partial charge is 0.505 e. The number of aromatic hydroxyl groups is 1. The Balaban J connectivity index is 3.16. The van der Waals surface area contributed by atoms with Gasteiger partial charge in [0.05, 0.1) is 12.3 Å². The van der Waals surface area contributed by atoms with Crippen molar-refractivity contribution in [3.63, 3.8) is 0 Å². The van der Waals surface area contributed by atoms with E-state index in [4.69, 9.17) is 5.11 Å². The van der Waals surface area contributed by atoms with Gasteiger partial charge in [-0.25, -0.2) is 4.79 Å². The molecular weight excluding hydrogens is 260 g/mol. The monoisotopic (exact) mass is 280 g/mol. The Labute approximate surface area is 117 Å². The molecule has 110 valence electrons. The highest BCUT2D eigenvalue weighted by Crippen LogP contribution is 2.22. The van der Waals surface area contributed by atoms with Gasteiger partial charge < -0.3 is 15.3 Å². The molecule has 0 saturated carbocycles. The van der Waals surface area contributed by atoms with Crippen LogP contribution in [-0.4, -0.2) is 38.5 Å². The minimum atomic E-state index is -1.01. The van der Waals surface area contributed by atoms with Gasteiger partial charge in [0.2, 0.25) is 0 Å². The van der Waals surface area contributed by atoms with Crippen LogP contribution in [0.1, 0.15) is 37.1 Å². The van der Waals surface area contributed by atoms with Crippen molar-refractivity contribution in [3.8, 4) is 5.75 Å². The molecule has 0 saturated heterocycles. The molecule has 0 spiro atoms. The van der Waals surface area contributed by atoms with Gasteiger partial charge in [-0.3, -0.25) is 9.98 Å². The quantitative estimate of drug-likeness (QED) is 0.685. The van der Waals surface area contributed by atoms with Gasteiger partial charge in [-0.05, 0) is 12.8 Å². The molecule has 0 amide bonds. The molecule has 6 heteroatoms. The zero-order valence-corrected chi connectivity index (χ0v) is 11.9. The SMILES string of the molecule is CCC(C)C(N=Cc1c(CO)cnc(C)c1O)C(=O)O. The number of aromatic nitrogens is 1. The lowest BCUT2D eigenvalue weighted by atomic mass is 10.00. The summed E-state index contributed by atoms with van der Waals surface area (Å²) in [6, 6.07) is -0.876. The maximum absolute atomic E-state index is 11.2. The number of aliphatic imine (C=N–C) groups is 1. The maximum atomic E-state index is 11.2. The van der Waals surface area contributed by atoms with E-state index in [0.29, 0.717) is 23.2 Å².